The van der Waals surface area contributed by atoms with Gasteiger partial charge >= 0.3 is 5.97 Å². The Balaban J connectivity index is 2.15. The van der Waals surface area contributed by atoms with Crippen LogP contribution in [0.25, 0.3) is 0 Å². The Morgan fingerprint density at radius 1 is 1.02 bits per heavy atom. The molecule has 3 fully saturated rings. The number of nitriles is 1. The highest BCUT2D eigenvalue weighted by molar-refractivity contribution is 5.73. The molecule has 3 rings (SSSR count). The maximum atomic E-state index is 14.2. The lowest BCUT2D eigenvalue weighted by atomic mass is 9.77. The fourth-order valence-corrected chi connectivity index (χ4v) is 8.63. The zero-order chi connectivity index (χ0) is 39.3. The molecule has 0 aliphatic carbocycles. The van der Waals surface area contributed by atoms with Crippen molar-refractivity contribution in [3.05, 3.63) is 0 Å². The third kappa shape index (κ3) is 10.8. The number of methoxy groups -OCH3 is 1. The molecular formula is C38H69N3O11. The lowest BCUT2D eigenvalue weighted by Crippen LogP contribution is -2.61. The number of β-amino-alcohol motifs (C(OH)–C–C–N with tert-alkyl or cyclic N) is 1. The van der Waals surface area contributed by atoms with Gasteiger partial charge < -0.3 is 53.7 Å². The van der Waals surface area contributed by atoms with E-state index < -0.39 is 83.8 Å². The van der Waals surface area contributed by atoms with Crippen molar-refractivity contribution < 1.29 is 53.6 Å². The maximum Gasteiger partial charge on any atom is 0.311 e. The number of hydrogen-bond donors (Lipinski definition) is 4. The molecule has 0 aromatic rings. The minimum absolute atomic E-state index is 0.134. The van der Waals surface area contributed by atoms with Crippen LogP contribution < -0.4 is 0 Å². The number of esters is 1. The highest BCUT2D eigenvalue weighted by Gasteiger charge is 2.52. The molecule has 0 aromatic heterocycles. The number of likely N-dealkylation sites (N-methyl/N-ethyl adjacent to an activating group) is 1. The van der Waals surface area contributed by atoms with Crippen LogP contribution in [0, 0.1) is 29.1 Å². The Labute approximate surface area is 311 Å². The standard InChI is InChI=1S/C38H69N3O11/c1-13-28-37(8,46)21-41(16-14-15-39)20-22(2)18-36(7,45)33(52-35-30(42)27(40(10)11)17-23(3)48-35)24(4)31(25(5)34(44)50-28)51-29-19-38(9,47-12)32(43)26(6)49-29/h22-33,35,42-43,45-46H,13-14,16-21H2,1-12H3/t22-,23-,24+,25-,26+,27+,28?,29+,30-,31?,32+,33-,35+,36-,37+,38-/m1/s1. The van der Waals surface area contributed by atoms with Crippen LogP contribution in [-0.4, -0.2) is 155 Å². The number of rotatable bonds is 9. The summed E-state index contributed by atoms with van der Waals surface area (Å²) in [5, 5.41) is 56.1. The second-order valence-corrected chi connectivity index (χ2v) is 16.8. The molecule has 3 heterocycles. The summed E-state index contributed by atoms with van der Waals surface area (Å²) >= 11 is 0. The number of cyclic esters (lactones) is 1. The Hall–Kier alpha value is -1.48. The van der Waals surface area contributed by atoms with E-state index in [0.717, 1.165) is 0 Å². The predicted molar refractivity (Wildman–Crippen MR) is 193 cm³/mol. The van der Waals surface area contributed by atoms with Crippen LogP contribution in [0.2, 0.25) is 0 Å². The first-order chi connectivity index (χ1) is 24.1. The molecule has 14 heteroatoms. The van der Waals surface area contributed by atoms with Crippen molar-refractivity contribution in [1.29, 1.82) is 5.26 Å². The van der Waals surface area contributed by atoms with Crippen molar-refractivity contribution in [3.8, 4) is 6.07 Å². The van der Waals surface area contributed by atoms with Crippen LogP contribution in [0.4, 0.5) is 0 Å². The van der Waals surface area contributed by atoms with Gasteiger partial charge in [0.1, 0.15) is 23.9 Å². The summed E-state index contributed by atoms with van der Waals surface area (Å²) in [4.78, 5) is 18.1. The zero-order valence-corrected chi connectivity index (χ0v) is 33.7. The first-order valence-electron chi connectivity index (χ1n) is 19.0. The number of carbonyl (C=O) groups excluding carboxylic acids is 1. The molecule has 0 bridgehead atoms. The fourth-order valence-electron chi connectivity index (χ4n) is 8.63. The lowest BCUT2D eigenvalue weighted by Gasteiger charge is -2.49. The highest BCUT2D eigenvalue weighted by Crippen LogP contribution is 2.40. The molecule has 0 radical (unpaired) electrons. The number of aliphatic hydroxyl groups is 4. The fraction of sp³-hybridized carbons (Fsp3) is 0.947. The quantitative estimate of drug-likeness (QED) is 0.253. The summed E-state index contributed by atoms with van der Waals surface area (Å²) < 4.78 is 37.6. The average Bonchev–Trinajstić information content (AvgIpc) is 3.05. The van der Waals surface area contributed by atoms with Crippen LogP contribution in [0.15, 0.2) is 0 Å². The van der Waals surface area contributed by atoms with Gasteiger partial charge in [-0.3, -0.25) is 9.69 Å². The molecule has 0 amide bonds. The molecule has 52 heavy (non-hydrogen) atoms. The van der Waals surface area contributed by atoms with Crippen LogP contribution in [0.1, 0.15) is 94.4 Å². The van der Waals surface area contributed by atoms with Gasteiger partial charge in [0.2, 0.25) is 0 Å². The molecule has 0 spiro atoms. The Morgan fingerprint density at radius 3 is 2.25 bits per heavy atom. The zero-order valence-electron chi connectivity index (χ0n) is 33.7. The van der Waals surface area contributed by atoms with Crippen molar-refractivity contribution in [2.45, 2.75) is 173 Å². The molecule has 302 valence electrons. The predicted octanol–water partition coefficient (Wildman–Crippen LogP) is 2.44. The molecule has 0 aromatic carbocycles. The molecule has 16 atom stereocenters. The second-order valence-electron chi connectivity index (χ2n) is 16.8. The number of nitrogens with zero attached hydrogens (tertiary/aromatic N) is 3. The molecule has 2 unspecified atom stereocenters. The van der Waals surface area contributed by atoms with E-state index in [1.807, 2.05) is 51.6 Å². The van der Waals surface area contributed by atoms with Gasteiger partial charge in [-0.1, -0.05) is 20.8 Å². The first kappa shape index (κ1) is 44.9. The molecule has 3 aliphatic rings. The minimum Gasteiger partial charge on any atom is -0.459 e. The summed E-state index contributed by atoms with van der Waals surface area (Å²) in [6.45, 7) is 17.0. The smallest absolute Gasteiger partial charge is 0.311 e. The monoisotopic (exact) mass is 743 g/mol. The SMILES string of the molecule is CCC1OC(=O)[C@H](C)C(O[C@H]2C[C@@](C)(OC)[C@@H](O)[C@H](C)O2)[C@H](C)[C@@H](O[C@@H]2O[C@H](C)C[C@H](N(C)C)[C@H]2O)[C@](C)(O)C[C@@H](C)CN(CCC#N)C[C@]1(C)O. The van der Waals surface area contributed by atoms with Crippen LogP contribution >= 0.6 is 0 Å². The first-order valence-corrected chi connectivity index (χ1v) is 19.0. The molecular weight excluding hydrogens is 674 g/mol. The van der Waals surface area contributed by atoms with Gasteiger partial charge in [-0.2, -0.15) is 5.26 Å². The topological polar surface area (TPSA) is 184 Å². The molecule has 4 N–H and O–H groups in total. The van der Waals surface area contributed by atoms with E-state index in [9.17, 15) is 30.5 Å². The third-order valence-corrected chi connectivity index (χ3v) is 11.6. The largest absolute Gasteiger partial charge is 0.459 e. The Kier molecular flexibility index (Phi) is 15.9. The van der Waals surface area contributed by atoms with Crippen molar-refractivity contribution in [1.82, 2.24) is 9.80 Å². The summed E-state index contributed by atoms with van der Waals surface area (Å²) in [5.41, 5.74) is -4.01. The van der Waals surface area contributed by atoms with Crippen molar-refractivity contribution in [2.24, 2.45) is 17.8 Å². The van der Waals surface area contributed by atoms with Gasteiger partial charge in [-0.15, -0.1) is 0 Å². The van der Waals surface area contributed by atoms with Crippen molar-refractivity contribution in [3.63, 3.8) is 0 Å². The van der Waals surface area contributed by atoms with E-state index in [0.29, 0.717) is 25.9 Å². The van der Waals surface area contributed by atoms with Gasteiger partial charge in [0.15, 0.2) is 12.6 Å². The van der Waals surface area contributed by atoms with E-state index in [4.69, 9.17) is 28.4 Å². The Bertz CT molecular complexity index is 1180. The highest BCUT2D eigenvalue weighted by atomic mass is 16.7. The van der Waals surface area contributed by atoms with Crippen molar-refractivity contribution in [2.75, 3.05) is 40.8 Å². The van der Waals surface area contributed by atoms with E-state index in [-0.39, 0.29) is 43.9 Å². The molecule has 3 saturated heterocycles. The van der Waals surface area contributed by atoms with Crippen LogP contribution in [-0.2, 0) is 33.2 Å². The number of hydrogen-bond acceptors (Lipinski definition) is 14. The van der Waals surface area contributed by atoms with E-state index >= 15 is 0 Å². The normalized spacial score (nSPS) is 46.3. The third-order valence-electron chi connectivity index (χ3n) is 11.6. The Morgan fingerprint density at radius 2 is 1.67 bits per heavy atom. The van der Waals surface area contributed by atoms with E-state index in [1.165, 1.54) is 7.11 Å². The molecule has 14 nitrogen and oxygen atoms in total. The van der Waals surface area contributed by atoms with Gasteiger partial charge in [0, 0.05) is 51.5 Å². The lowest BCUT2D eigenvalue weighted by molar-refractivity contribution is -0.318. The van der Waals surface area contributed by atoms with Gasteiger partial charge in [0.05, 0.1) is 47.6 Å². The molecule has 3 aliphatic heterocycles. The van der Waals surface area contributed by atoms with Gasteiger partial charge in [-0.25, -0.2) is 0 Å². The van der Waals surface area contributed by atoms with E-state index in [1.54, 1.807) is 34.6 Å². The summed E-state index contributed by atoms with van der Waals surface area (Å²) in [6.07, 6.45) is -6.25. The second kappa shape index (κ2) is 18.4. The van der Waals surface area contributed by atoms with Crippen LogP contribution in [0.5, 0.6) is 0 Å². The summed E-state index contributed by atoms with van der Waals surface area (Å²) in [7, 11) is 5.29. The van der Waals surface area contributed by atoms with Crippen molar-refractivity contribution >= 4 is 5.97 Å². The average molecular weight is 744 g/mol. The van der Waals surface area contributed by atoms with Gasteiger partial charge in [0.25, 0.3) is 0 Å². The molecule has 0 saturated carbocycles. The van der Waals surface area contributed by atoms with Crippen LogP contribution in [0.3, 0.4) is 0 Å². The summed E-state index contributed by atoms with van der Waals surface area (Å²) in [5.74, 6) is -2.46. The number of aliphatic hydroxyl groups excluding tert-OH is 2. The van der Waals surface area contributed by atoms with Gasteiger partial charge in [-0.05, 0) is 80.8 Å². The van der Waals surface area contributed by atoms with E-state index in [2.05, 4.69) is 6.07 Å². The minimum atomic E-state index is -1.56. The number of carbonyl (C=O) groups is 1. The maximum absolute atomic E-state index is 14.2. The summed E-state index contributed by atoms with van der Waals surface area (Å²) in [6, 6.07) is 1.91. The number of ether oxygens (including phenoxy) is 6.